The van der Waals surface area contributed by atoms with E-state index in [4.69, 9.17) is 10.5 Å². The summed E-state index contributed by atoms with van der Waals surface area (Å²) in [5, 5.41) is 2.16. The van der Waals surface area contributed by atoms with Gasteiger partial charge < -0.3 is 10.5 Å². The van der Waals surface area contributed by atoms with Gasteiger partial charge in [-0.15, -0.1) is 0 Å². The number of nitrogens with one attached hydrogen (secondary N) is 1. The maximum atomic E-state index is 12.7. The van der Waals surface area contributed by atoms with Crippen molar-refractivity contribution in [3.8, 4) is 0 Å². The Morgan fingerprint density at radius 2 is 1.82 bits per heavy atom. The number of halogens is 3. The second-order valence-electron chi connectivity index (χ2n) is 5.51. The third-order valence-electron chi connectivity index (χ3n) is 2.47. The zero-order valence-electron chi connectivity index (χ0n) is 12.4. The van der Waals surface area contributed by atoms with Gasteiger partial charge in [0.25, 0.3) is 0 Å². The number of hydrogen-bond acceptors (Lipinski definition) is 4. The molecule has 0 unspecified atom stereocenters. The van der Waals surface area contributed by atoms with E-state index < -0.39 is 35.8 Å². The number of nitrogens with two attached hydrogens (primary N) is 1. The van der Waals surface area contributed by atoms with Gasteiger partial charge in [0.05, 0.1) is 17.8 Å². The zero-order valence-corrected chi connectivity index (χ0v) is 12.4. The smallest absolute Gasteiger partial charge is 0.416 e. The summed E-state index contributed by atoms with van der Waals surface area (Å²) in [6, 6.07) is 2.40. The van der Waals surface area contributed by atoms with Crippen LogP contribution < -0.4 is 11.1 Å². The van der Waals surface area contributed by atoms with Gasteiger partial charge in [-0.2, -0.15) is 13.2 Å². The van der Waals surface area contributed by atoms with E-state index in [1.165, 1.54) is 0 Å². The van der Waals surface area contributed by atoms with Crippen molar-refractivity contribution in [2.75, 3.05) is 11.9 Å². The minimum Gasteiger partial charge on any atom is -0.444 e. The molecule has 0 bridgehead atoms. The molecule has 3 N–H and O–H groups in total. The number of rotatable bonds is 3. The quantitative estimate of drug-likeness (QED) is 0.839. The van der Waals surface area contributed by atoms with Gasteiger partial charge >= 0.3 is 12.3 Å². The standard InChI is InChI=1S/C14H17F3N2O3/c1-13(2,3)22-12(21)19-10-6-8(14(15,16)17)4-5-9(10)11(20)7-18/h4-6H,7,18H2,1-3H3,(H,19,21). The van der Waals surface area contributed by atoms with Crippen LogP contribution in [0.1, 0.15) is 36.7 Å². The Bertz CT molecular complexity index is 578. The van der Waals surface area contributed by atoms with E-state index >= 15 is 0 Å². The van der Waals surface area contributed by atoms with E-state index in [2.05, 4.69) is 5.32 Å². The number of alkyl halides is 3. The minimum absolute atomic E-state index is 0.110. The summed E-state index contributed by atoms with van der Waals surface area (Å²) in [5.41, 5.74) is 2.99. The molecule has 0 aliphatic heterocycles. The molecule has 0 aromatic heterocycles. The lowest BCUT2D eigenvalue weighted by atomic mass is 10.0. The fraction of sp³-hybridized carbons (Fsp3) is 0.429. The van der Waals surface area contributed by atoms with Crippen LogP contribution in [-0.2, 0) is 10.9 Å². The molecule has 1 aromatic rings. The molecule has 0 atom stereocenters. The first-order valence-corrected chi connectivity index (χ1v) is 6.38. The highest BCUT2D eigenvalue weighted by Crippen LogP contribution is 2.32. The van der Waals surface area contributed by atoms with E-state index in [1.54, 1.807) is 20.8 Å². The van der Waals surface area contributed by atoms with E-state index in [0.29, 0.717) is 6.07 Å². The number of Topliss-reactive ketones (excluding diaryl/α,β-unsaturated/α-hetero) is 1. The lowest BCUT2D eigenvalue weighted by molar-refractivity contribution is -0.137. The third-order valence-corrected chi connectivity index (χ3v) is 2.47. The number of carbonyl (C=O) groups is 2. The van der Waals surface area contributed by atoms with Crippen LogP contribution in [0.15, 0.2) is 18.2 Å². The zero-order chi connectivity index (χ0) is 17.1. The number of anilines is 1. The van der Waals surface area contributed by atoms with Crippen molar-refractivity contribution in [1.82, 2.24) is 0 Å². The predicted octanol–water partition coefficient (Wildman–Crippen LogP) is 3.19. The molecule has 0 radical (unpaired) electrons. The van der Waals surface area contributed by atoms with Crippen LogP contribution in [0.2, 0.25) is 0 Å². The fourth-order valence-electron chi connectivity index (χ4n) is 1.59. The number of ketones is 1. The molecule has 5 nitrogen and oxygen atoms in total. The summed E-state index contributed by atoms with van der Waals surface area (Å²) in [6.07, 6.45) is -5.56. The molecule has 0 saturated heterocycles. The van der Waals surface area contributed by atoms with Gasteiger partial charge in [0.2, 0.25) is 0 Å². The minimum atomic E-state index is -4.60. The van der Waals surface area contributed by atoms with E-state index in [0.717, 1.165) is 12.1 Å². The van der Waals surface area contributed by atoms with Gasteiger partial charge in [-0.1, -0.05) is 0 Å². The Morgan fingerprint density at radius 1 is 1.23 bits per heavy atom. The summed E-state index contributed by atoms with van der Waals surface area (Å²) in [5.74, 6) is -0.597. The molecule has 0 aliphatic rings. The van der Waals surface area contributed by atoms with Crippen LogP contribution in [0.25, 0.3) is 0 Å². The highest BCUT2D eigenvalue weighted by molar-refractivity contribution is 6.05. The molecule has 0 fully saturated rings. The molecule has 122 valence electrons. The molecule has 0 spiro atoms. The summed E-state index contributed by atoms with van der Waals surface area (Å²) in [6.45, 7) is 4.41. The SMILES string of the molecule is CC(C)(C)OC(=O)Nc1cc(C(F)(F)F)ccc1C(=O)CN. The van der Waals surface area contributed by atoms with Crippen LogP contribution in [-0.4, -0.2) is 24.0 Å². The number of benzene rings is 1. The van der Waals surface area contributed by atoms with Crippen molar-refractivity contribution < 1.29 is 27.5 Å². The third kappa shape index (κ3) is 5.03. The van der Waals surface area contributed by atoms with Crippen LogP contribution in [0.3, 0.4) is 0 Å². The normalized spacial score (nSPS) is 12.0. The molecule has 1 amide bonds. The number of hydrogen-bond donors (Lipinski definition) is 2. The number of ether oxygens (including phenoxy) is 1. The highest BCUT2D eigenvalue weighted by atomic mass is 19.4. The second-order valence-corrected chi connectivity index (χ2v) is 5.51. The maximum absolute atomic E-state index is 12.7. The first kappa shape index (κ1) is 18.0. The molecule has 22 heavy (non-hydrogen) atoms. The van der Waals surface area contributed by atoms with Crippen LogP contribution in [0.4, 0.5) is 23.7 Å². The second kappa shape index (κ2) is 6.35. The topological polar surface area (TPSA) is 81.4 Å². The van der Waals surface area contributed by atoms with Crippen molar-refractivity contribution in [2.45, 2.75) is 32.5 Å². The maximum Gasteiger partial charge on any atom is 0.416 e. The van der Waals surface area contributed by atoms with Gasteiger partial charge in [-0.05, 0) is 39.0 Å². The van der Waals surface area contributed by atoms with E-state index in [1.807, 2.05) is 0 Å². The number of amides is 1. The van der Waals surface area contributed by atoms with Crippen molar-refractivity contribution in [3.63, 3.8) is 0 Å². The first-order chi connectivity index (χ1) is 9.94. The Hall–Kier alpha value is -2.09. The Kier molecular flexibility index (Phi) is 5.18. The number of carbonyl (C=O) groups excluding carboxylic acids is 2. The average Bonchev–Trinajstić information content (AvgIpc) is 2.34. The first-order valence-electron chi connectivity index (χ1n) is 6.38. The molecule has 0 saturated carbocycles. The van der Waals surface area contributed by atoms with E-state index in [9.17, 15) is 22.8 Å². The molecule has 0 heterocycles. The largest absolute Gasteiger partial charge is 0.444 e. The van der Waals surface area contributed by atoms with Gasteiger partial charge in [0.1, 0.15) is 5.60 Å². The van der Waals surface area contributed by atoms with Crippen LogP contribution in [0.5, 0.6) is 0 Å². The highest BCUT2D eigenvalue weighted by Gasteiger charge is 2.32. The van der Waals surface area contributed by atoms with Crippen LogP contribution in [0, 0.1) is 0 Å². The Labute approximate surface area is 125 Å². The fourth-order valence-corrected chi connectivity index (χ4v) is 1.59. The Morgan fingerprint density at radius 3 is 2.27 bits per heavy atom. The summed E-state index contributed by atoms with van der Waals surface area (Å²) in [7, 11) is 0. The van der Waals surface area contributed by atoms with Crippen molar-refractivity contribution >= 4 is 17.6 Å². The lowest BCUT2D eigenvalue weighted by Gasteiger charge is -2.20. The molecular formula is C14H17F3N2O3. The van der Waals surface area contributed by atoms with Crippen LogP contribution >= 0.6 is 0 Å². The Balaban J connectivity index is 3.17. The van der Waals surface area contributed by atoms with E-state index in [-0.39, 0.29) is 11.3 Å². The predicted molar refractivity (Wildman–Crippen MR) is 74.7 cm³/mol. The summed E-state index contributed by atoms with van der Waals surface area (Å²) >= 11 is 0. The van der Waals surface area contributed by atoms with Gasteiger partial charge in [0.15, 0.2) is 5.78 Å². The lowest BCUT2D eigenvalue weighted by Crippen LogP contribution is -2.28. The molecular weight excluding hydrogens is 301 g/mol. The van der Waals surface area contributed by atoms with Crippen molar-refractivity contribution in [3.05, 3.63) is 29.3 Å². The summed E-state index contributed by atoms with van der Waals surface area (Å²) < 4.78 is 43.2. The molecule has 8 heteroatoms. The molecule has 0 aliphatic carbocycles. The van der Waals surface area contributed by atoms with Crippen molar-refractivity contribution in [1.29, 1.82) is 0 Å². The van der Waals surface area contributed by atoms with Gasteiger partial charge in [-0.3, -0.25) is 10.1 Å². The average molecular weight is 318 g/mol. The molecule has 1 rings (SSSR count). The van der Waals surface area contributed by atoms with Crippen molar-refractivity contribution in [2.24, 2.45) is 5.73 Å². The van der Waals surface area contributed by atoms with Gasteiger partial charge in [-0.25, -0.2) is 4.79 Å². The van der Waals surface area contributed by atoms with Gasteiger partial charge in [0, 0.05) is 5.56 Å². The molecule has 1 aromatic carbocycles. The summed E-state index contributed by atoms with van der Waals surface area (Å²) in [4.78, 5) is 23.4. The monoisotopic (exact) mass is 318 g/mol.